The van der Waals surface area contributed by atoms with Crippen molar-refractivity contribution < 1.29 is 5.11 Å². The summed E-state index contributed by atoms with van der Waals surface area (Å²) < 4.78 is 1.55. The Morgan fingerprint density at radius 3 is 2.80 bits per heavy atom. The smallest absolute Gasteiger partial charge is 0.127 e. The van der Waals surface area contributed by atoms with Crippen molar-refractivity contribution in [2.24, 2.45) is 7.05 Å². The topological polar surface area (TPSA) is 64.1 Å². The molecule has 0 aliphatic carbocycles. The van der Waals surface area contributed by atoms with Crippen molar-refractivity contribution in [2.75, 3.05) is 5.73 Å². The van der Waals surface area contributed by atoms with Gasteiger partial charge in [-0.2, -0.15) is 5.10 Å². The van der Waals surface area contributed by atoms with Crippen LogP contribution in [0, 0.1) is 6.92 Å². The van der Waals surface area contributed by atoms with Gasteiger partial charge in [-0.25, -0.2) is 0 Å². The van der Waals surface area contributed by atoms with Gasteiger partial charge in [-0.3, -0.25) is 4.68 Å². The highest BCUT2D eigenvalue weighted by atomic mass is 32.1. The van der Waals surface area contributed by atoms with Gasteiger partial charge in [-0.05, 0) is 23.9 Å². The average molecular weight is 223 g/mol. The SMILES string of the molecule is Cc1cc(C(O)c2cnn(C)c2N)cs1. The fraction of sp³-hybridized carbons (Fsp3) is 0.300. The summed E-state index contributed by atoms with van der Waals surface area (Å²) >= 11 is 1.61. The second kappa shape index (κ2) is 3.67. The number of aliphatic hydroxyl groups is 1. The maximum atomic E-state index is 10.1. The molecule has 0 bridgehead atoms. The highest BCUT2D eigenvalue weighted by Gasteiger charge is 2.17. The molecule has 0 aromatic carbocycles. The first kappa shape index (κ1) is 10.2. The number of aliphatic hydroxyl groups excluding tert-OH is 1. The van der Waals surface area contributed by atoms with Crippen LogP contribution in [0.5, 0.6) is 0 Å². The van der Waals surface area contributed by atoms with E-state index in [-0.39, 0.29) is 0 Å². The van der Waals surface area contributed by atoms with Gasteiger partial charge < -0.3 is 10.8 Å². The lowest BCUT2D eigenvalue weighted by molar-refractivity contribution is 0.221. The minimum atomic E-state index is -0.677. The van der Waals surface area contributed by atoms with E-state index in [2.05, 4.69) is 5.10 Å². The summed E-state index contributed by atoms with van der Waals surface area (Å²) in [4.78, 5) is 1.17. The van der Waals surface area contributed by atoms with Crippen LogP contribution in [0.25, 0.3) is 0 Å². The molecule has 2 heterocycles. The van der Waals surface area contributed by atoms with Gasteiger partial charge >= 0.3 is 0 Å². The summed E-state index contributed by atoms with van der Waals surface area (Å²) in [7, 11) is 1.75. The summed E-state index contributed by atoms with van der Waals surface area (Å²) in [6.45, 7) is 2.01. The summed E-state index contributed by atoms with van der Waals surface area (Å²) in [5.41, 5.74) is 7.33. The van der Waals surface area contributed by atoms with Crippen molar-refractivity contribution >= 4 is 17.2 Å². The van der Waals surface area contributed by atoms with Crippen molar-refractivity contribution in [3.05, 3.63) is 33.6 Å². The van der Waals surface area contributed by atoms with E-state index in [1.54, 1.807) is 29.3 Å². The predicted molar refractivity (Wildman–Crippen MR) is 60.7 cm³/mol. The first-order valence-corrected chi connectivity index (χ1v) is 5.48. The lowest BCUT2D eigenvalue weighted by Gasteiger charge is -2.07. The maximum Gasteiger partial charge on any atom is 0.127 e. The standard InChI is InChI=1S/C10H13N3OS/c1-6-3-7(5-15-6)9(14)8-4-12-13(2)10(8)11/h3-5,9,14H,11H2,1-2H3. The van der Waals surface area contributed by atoms with Gasteiger partial charge in [0.05, 0.1) is 6.20 Å². The van der Waals surface area contributed by atoms with Crippen LogP contribution >= 0.6 is 11.3 Å². The van der Waals surface area contributed by atoms with E-state index in [0.717, 1.165) is 5.56 Å². The van der Waals surface area contributed by atoms with E-state index in [9.17, 15) is 5.11 Å². The molecule has 0 spiro atoms. The Hall–Kier alpha value is -1.33. The molecule has 0 radical (unpaired) electrons. The zero-order valence-electron chi connectivity index (χ0n) is 8.64. The molecular weight excluding hydrogens is 210 g/mol. The highest BCUT2D eigenvalue weighted by molar-refractivity contribution is 7.10. The Morgan fingerprint density at radius 2 is 2.33 bits per heavy atom. The first-order chi connectivity index (χ1) is 7.09. The summed E-state index contributed by atoms with van der Waals surface area (Å²) in [6.07, 6.45) is 0.927. The van der Waals surface area contributed by atoms with Gasteiger partial charge in [0.15, 0.2) is 0 Å². The number of hydrogen-bond acceptors (Lipinski definition) is 4. The van der Waals surface area contributed by atoms with E-state index < -0.39 is 6.10 Å². The third-order valence-electron chi connectivity index (χ3n) is 2.38. The van der Waals surface area contributed by atoms with Gasteiger partial charge in [-0.1, -0.05) is 0 Å². The zero-order chi connectivity index (χ0) is 11.0. The molecule has 80 valence electrons. The number of nitrogen functional groups attached to an aromatic ring is 1. The van der Waals surface area contributed by atoms with Crippen LogP contribution in [0.1, 0.15) is 22.1 Å². The molecule has 0 aliphatic heterocycles. The van der Waals surface area contributed by atoms with Crippen LogP contribution in [-0.2, 0) is 7.05 Å². The Morgan fingerprint density at radius 1 is 1.60 bits per heavy atom. The number of hydrogen-bond donors (Lipinski definition) is 2. The normalized spacial score (nSPS) is 13.0. The third kappa shape index (κ3) is 1.75. The van der Waals surface area contributed by atoms with Crippen molar-refractivity contribution in [1.29, 1.82) is 0 Å². The molecule has 4 nitrogen and oxygen atoms in total. The molecule has 0 aliphatic rings. The Bertz CT molecular complexity index is 475. The largest absolute Gasteiger partial charge is 0.384 e. The maximum absolute atomic E-state index is 10.1. The predicted octanol–water partition coefficient (Wildman–Crippen LogP) is 1.45. The number of anilines is 1. The summed E-state index contributed by atoms with van der Waals surface area (Å²) in [6, 6.07) is 1.96. The molecule has 2 aromatic rings. The second-order valence-corrected chi connectivity index (χ2v) is 4.62. The fourth-order valence-electron chi connectivity index (χ4n) is 1.46. The number of aromatic nitrogens is 2. The molecule has 15 heavy (non-hydrogen) atoms. The minimum absolute atomic E-state index is 0.506. The van der Waals surface area contributed by atoms with Crippen molar-refractivity contribution in [1.82, 2.24) is 9.78 Å². The van der Waals surface area contributed by atoms with Crippen LogP contribution in [0.2, 0.25) is 0 Å². The molecule has 2 rings (SSSR count). The van der Waals surface area contributed by atoms with E-state index in [1.807, 2.05) is 18.4 Å². The average Bonchev–Trinajstić information content (AvgIpc) is 2.75. The molecule has 0 saturated heterocycles. The van der Waals surface area contributed by atoms with Gasteiger partial charge in [0.25, 0.3) is 0 Å². The monoisotopic (exact) mass is 223 g/mol. The van der Waals surface area contributed by atoms with Gasteiger partial charge in [-0.15, -0.1) is 11.3 Å². The van der Waals surface area contributed by atoms with Crippen molar-refractivity contribution in [2.45, 2.75) is 13.0 Å². The quantitative estimate of drug-likeness (QED) is 0.810. The van der Waals surface area contributed by atoms with Gasteiger partial charge in [0.2, 0.25) is 0 Å². The Labute approximate surface area is 92.0 Å². The Balaban J connectivity index is 2.36. The van der Waals surface area contributed by atoms with E-state index in [4.69, 9.17) is 5.73 Å². The summed E-state index contributed by atoms with van der Waals surface area (Å²) in [5.74, 6) is 0.506. The molecular formula is C10H13N3OS. The van der Waals surface area contributed by atoms with Gasteiger partial charge in [0, 0.05) is 17.5 Å². The third-order valence-corrected chi connectivity index (χ3v) is 3.26. The van der Waals surface area contributed by atoms with E-state index in [0.29, 0.717) is 11.4 Å². The molecule has 2 aromatic heterocycles. The minimum Gasteiger partial charge on any atom is -0.384 e. The lowest BCUT2D eigenvalue weighted by atomic mass is 10.1. The second-order valence-electron chi connectivity index (χ2n) is 3.50. The van der Waals surface area contributed by atoms with Crippen LogP contribution < -0.4 is 5.73 Å². The van der Waals surface area contributed by atoms with Crippen LogP contribution in [0.15, 0.2) is 17.6 Å². The number of nitrogens with zero attached hydrogens (tertiary/aromatic N) is 2. The Kier molecular flexibility index (Phi) is 2.50. The first-order valence-electron chi connectivity index (χ1n) is 4.60. The number of thiophene rings is 1. The molecule has 1 unspecified atom stereocenters. The number of rotatable bonds is 2. The molecule has 0 fully saturated rings. The lowest BCUT2D eigenvalue weighted by Crippen LogP contribution is -2.04. The van der Waals surface area contributed by atoms with E-state index in [1.165, 1.54) is 4.88 Å². The fourth-order valence-corrected chi connectivity index (χ4v) is 2.18. The van der Waals surface area contributed by atoms with Gasteiger partial charge in [0.1, 0.15) is 11.9 Å². The van der Waals surface area contributed by atoms with E-state index >= 15 is 0 Å². The molecule has 1 atom stereocenters. The van der Waals surface area contributed by atoms with Crippen LogP contribution in [-0.4, -0.2) is 14.9 Å². The number of aryl methyl sites for hydroxylation is 2. The molecule has 0 saturated carbocycles. The summed E-state index contributed by atoms with van der Waals surface area (Å²) in [5, 5.41) is 16.0. The number of nitrogens with two attached hydrogens (primary N) is 1. The highest BCUT2D eigenvalue weighted by Crippen LogP contribution is 2.28. The van der Waals surface area contributed by atoms with Crippen LogP contribution in [0.3, 0.4) is 0 Å². The zero-order valence-corrected chi connectivity index (χ0v) is 9.45. The molecule has 0 amide bonds. The molecule has 3 N–H and O–H groups in total. The van der Waals surface area contributed by atoms with Crippen LogP contribution in [0.4, 0.5) is 5.82 Å². The van der Waals surface area contributed by atoms with Crippen molar-refractivity contribution in [3.63, 3.8) is 0 Å². The van der Waals surface area contributed by atoms with Crippen molar-refractivity contribution in [3.8, 4) is 0 Å². The molecule has 5 heteroatoms.